The van der Waals surface area contributed by atoms with Crippen molar-refractivity contribution in [3.8, 4) is 11.5 Å². The summed E-state index contributed by atoms with van der Waals surface area (Å²) in [6, 6.07) is 11.8. The zero-order valence-electron chi connectivity index (χ0n) is 21.6. The summed E-state index contributed by atoms with van der Waals surface area (Å²) in [5, 5.41) is 22.5. The number of carbonyl (C=O) groups excluding carboxylic acids is 4. The number of anilines is 2. The van der Waals surface area contributed by atoms with Crippen LogP contribution in [0.4, 0.5) is 22.7 Å². The molecule has 0 bridgehead atoms. The smallest absolute Gasteiger partial charge is 0.316 e. The van der Waals surface area contributed by atoms with E-state index in [1.165, 1.54) is 60.5 Å². The quantitative estimate of drug-likeness (QED) is 0.136. The standard InChI is InChI=1S/C27H20N4O10/c1-14-10-17(7-9-19(14)29-25(33)18-4-3-5-21(31(38)39)24(18)26(29)34)41-27(35)15-11-23(32)28(13-15)20-8-6-16(30(36)37)12-22(20)40-2/h3-10,12,15H,11,13H2,1-2H3/t15-/m1/s1. The second-order valence-corrected chi connectivity index (χ2v) is 9.29. The van der Waals surface area contributed by atoms with Gasteiger partial charge >= 0.3 is 5.97 Å². The number of carbonyl (C=O) groups is 4. The maximum Gasteiger partial charge on any atom is 0.316 e. The Labute approximate surface area is 231 Å². The highest BCUT2D eigenvalue weighted by atomic mass is 16.6. The van der Waals surface area contributed by atoms with E-state index in [4.69, 9.17) is 9.47 Å². The van der Waals surface area contributed by atoms with Crippen LogP contribution in [0.5, 0.6) is 11.5 Å². The molecule has 1 saturated heterocycles. The van der Waals surface area contributed by atoms with E-state index in [2.05, 4.69) is 0 Å². The molecule has 0 saturated carbocycles. The van der Waals surface area contributed by atoms with E-state index in [-0.39, 0.29) is 52.7 Å². The molecule has 2 aliphatic heterocycles. The molecule has 0 aliphatic carbocycles. The van der Waals surface area contributed by atoms with Crippen LogP contribution in [0.15, 0.2) is 54.6 Å². The highest BCUT2D eigenvalue weighted by molar-refractivity contribution is 6.35. The fourth-order valence-corrected chi connectivity index (χ4v) is 4.88. The average molecular weight is 560 g/mol. The van der Waals surface area contributed by atoms with Crippen LogP contribution in [0.2, 0.25) is 0 Å². The summed E-state index contributed by atoms with van der Waals surface area (Å²) in [4.78, 5) is 74.9. The third-order valence-electron chi connectivity index (χ3n) is 6.84. The lowest BCUT2D eigenvalue weighted by Crippen LogP contribution is -2.30. The Hall–Kier alpha value is -5.66. The van der Waals surface area contributed by atoms with E-state index >= 15 is 0 Å². The summed E-state index contributed by atoms with van der Waals surface area (Å²) >= 11 is 0. The van der Waals surface area contributed by atoms with Gasteiger partial charge in [0.15, 0.2) is 0 Å². The monoisotopic (exact) mass is 560 g/mol. The van der Waals surface area contributed by atoms with Crippen molar-refractivity contribution in [1.82, 2.24) is 0 Å². The number of non-ortho nitro benzene ring substituents is 1. The number of aryl methyl sites for hydroxylation is 1. The van der Waals surface area contributed by atoms with Crippen LogP contribution in [0.1, 0.15) is 32.7 Å². The van der Waals surface area contributed by atoms with Crippen molar-refractivity contribution in [3.63, 3.8) is 0 Å². The molecule has 5 rings (SSSR count). The lowest BCUT2D eigenvalue weighted by Gasteiger charge is -2.19. The van der Waals surface area contributed by atoms with Gasteiger partial charge in [-0.3, -0.25) is 39.4 Å². The maximum atomic E-state index is 13.0. The number of nitro groups is 2. The highest BCUT2D eigenvalue weighted by Crippen LogP contribution is 2.38. The summed E-state index contributed by atoms with van der Waals surface area (Å²) < 4.78 is 10.7. The van der Waals surface area contributed by atoms with Gasteiger partial charge in [0.05, 0.1) is 45.9 Å². The van der Waals surface area contributed by atoms with Gasteiger partial charge in [0, 0.05) is 25.1 Å². The third-order valence-corrected chi connectivity index (χ3v) is 6.84. The van der Waals surface area contributed by atoms with Gasteiger partial charge in [0.1, 0.15) is 17.1 Å². The fourth-order valence-electron chi connectivity index (χ4n) is 4.88. The Kier molecular flexibility index (Phi) is 6.66. The Morgan fingerprint density at radius 2 is 1.68 bits per heavy atom. The third kappa shape index (κ3) is 4.60. The van der Waals surface area contributed by atoms with Gasteiger partial charge in [0.25, 0.3) is 23.2 Å². The SMILES string of the molecule is COc1cc([N+](=O)[O-])ccc1N1C[C@H](C(=O)Oc2ccc(N3C(=O)c4cccc([N+](=O)[O-])c4C3=O)c(C)c2)CC1=O. The van der Waals surface area contributed by atoms with Crippen LogP contribution in [-0.2, 0) is 9.59 Å². The minimum atomic E-state index is -0.848. The van der Waals surface area contributed by atoms with Crippen LogP contribution in [0.3, 0.4) is 0 Å². The molecule has 3 aromatic rings. The molecule has 1 fully saturated rings. The highest BCUT2D eigenvalue weighted by Gasteiger charge is 2.42. The number of hydrogen-bond acceptors (Lipinski definition) is 10. The summed E-state index contributed by atoms with van der Waals surface area (Å²) in [5.41, 5.74) is -0.244. The Bertz CT molecular complexity index is 1680. The molecule has 0 N–H and O–H groups in total. The van der Waals surface area contributed by atoms with Crippen molar-refractivity contribution in [2.45, 2.75) is 13.3 Å². The Balaban J connectivity index is 1.32. The van der Waals surface area contributed by atoms with E-state index < -0.39 is 45.1 Å². The number of rotatable bonds is 7. The summed E-state index contributed by atoms with van der Waals surface area (Å²) in [6.45, 7) is 1.53. The van der Waals surface area contributed by atoms with E-state index in [9.17, 15) is 39.4 Å². The zero-order valence-corrected chi connectivity index (χ0v) is 21.6. The van der Waals surface area contributed by atoms with Crippen LogP contribution >= 0.6 is 0 Å². The summed E-state index contributed by atoms with van der Waals surface area (Å²) in [6.07, 6.45) is -0.163. The normalized spacial score (nSPS) is 16.1. The molecule has 41 heavy (non-hydrogen) atoms. The van der Waals surface area contributed by atoms with Gasteiger partial charge in [-0.25, -0.2) is 4.90 Å². The number of esters is 1. The van der Waals surface area contributed by atoms with Crippen molar-refractivity contribution in [2.24, 2.45) is 5.92 Å². The number of fused-ring (bicyclic) bond motifs is 1. The fraction of sp³-hybridized carbons (Fsp3) is 0.185. The molecular weight excluding hydrogens is 540 g/mol. The van der Waals surface area contributed by atoms with E-state index in [1.54, 1.807) is 6.92 Å². The first-order valence-electron chi connectivity index (χ1n) is 12.1. The second kappa shape index (κ2) is 10.1. The van der Waals surface area contributed by atoms with Crippen LogP contribution in [0, 0.1) is 33.1 Å². The first kappa shape index (κ1) is 26.9. The molecule has 2 heterocycles. The lowest BCUT2D eigenvalue weighted by atomic mass is 10.1. The maximum absolute atomic E-state index is 13.0. The van der Waals surface area contributed by atoms with Crippen LogP contribution in [-0.4, -0.2) is 47.2 Å². The van der Waals surface area contributed by atoms with Crippen molar-refractivity contribution in [2.75, 3.05) is 23.5 Å². The van der Waals surface area contributed by atoms with Gasteiger partial charge in [0.2, 0.25) is 5.91 Å². The van der Waals surface area contributed by atoms with Gasteiger partial charge in [-0.1, -0.05) is 6.07 Å². The molecule has 14 heteroatoms. The predicted octanol–water partition coefficient (Wildman–Crippen LogP) is 3.58. The average Bonchev–Trinajstić information content (AvgIpc) is 3.45. The number of nitro benzene ring substituents is 2. The first-order valence-corrected chi connectivity index (χ1v) is 12.1. The van der Waals surface area contributed by atoms with Crippen molar-refractivity contribution >= 4 is 46.4 Å². The number of methoxy groups -OCH3 is 1. The van der Waals surface area contributed by atoms with E-state index in [0.717, 1.165) is 11.0 Å². The minimum Gasteiger partial charge on any atom is -0.494 e. The summed E-state index contributed by atoms with van der Waals surface area (Å²) in [5.74, 6) is -3.30. The van der Waals surface area contributed by atoms with Gasteiger partial charge < -0.3 is 14.4 Å². The molecule has 0 spiro atoms. The number of amides is 3. The molecule has 1 atom stereocenters. The Morgan fingerprint density at radius 3 is 2.34 bits per heavy atom. The number of benzene rings is 3. The number of imide groups is 1. The largest absolute Gasteiger partial charge is 0.494 e. The molecule has 0 aromatic heterocycles. The predicted molar refractivity (Wildman–Crippen MR) is 141 cm³/mol. The van der Waals surface area contributed by atoms with Crippen molar-refractivity contribution in [1.29, 1.82) is 0 Å². The van der Waals surface area contributed by atoms with E-state index in [0.29, 0.717) is 5.56 Å². The minimum absolute atomic E-state index is 0.0449. The van der Waals surface area contributed by atoms with Crippen molar-refractivity contribution < 1.29 is 38.5 Å². The number of hydrogen-bond donors (Lipinski definition) is 0. The molecule has 0 radical (unpaired) electrons. The second-order valence-electron chi connectivity index (χ2n) is 9.29. The molecule has 0 unspecified atom stereocenters. The first-order chi connectivity index (χ1) is 19.5. The van der Waals surface area contributed by atoms with Crippen LogP contribution in [0.25, 0.3) is 0 Å². The van der Waals surface area contributed by atoms with Gasteiger partial charge in [-0.05, 0) is 42.8 Å². The molecule has 14 nitrogen and oxygen atoms in total. The summed E-state index contributed by atoms with van der Waals surface area (Å²) in [7, 11) is 1.31. The molecule has 3 amide bonds. The molecule has 3 aromatic carbocycles. The van der Waals surface area contributed by atoms with Crippen LogP contribution < -0.4 is 19.3 Å². The van der Waals surface area contributed by atoms with Crippen molar-refractivity contribution in [3.05, 3.63) is 91.5 Å². The number of nitrogens with zero attached hydrogens (tertiary/aromatic N) is 4. The van der Waals surface area contributed by atoms with Gasteiger partial charge in [-0.15, -0.1) is 0 Å². The molecule has 208 valence electrons. The lowest BCUT2D eigenvalue weighted by molar-refractivity contribution is -0.385. The molecular formula is C27H20N4O10. The van der Waals surface area contributed by atoms with E-state index in [1.807, 2.05) is 0 Å². The van der Waals surface area contributed by atoms with Gasteiger partial charge in [-0.2, -0.15) is 0 Å². The Morgan fingerprint density at radius 1 is 0.951 bits per heavy atom. The topological polar surface area (TPSA) is 180 Å². The molecule has 2 aliphatic rings. The zero-order chi connectivity index (χ0) is 29.6. The number of ether oxygens (including phenoxy) is 2.